The zero-order chi connectivity index (χ0) is 10.0. The van der Waals surface area contributed by atoms with E-state index in [1.807, 2.05) is 12.1 Å². The van der Waals surface area contributed by atoms with E-state index in [1.54, 1.807) is 6.26 Å². The maximum absolute atomic E-state index is 6.30. The normalized spacial score (nSPS) is 22.4. The van der Waals surface area contributed by atoms with Gasteiger partial charge in [-0.2, -0.15) is 0 Å². The van der Waals surface area contributed by atoms with Gasteiger partial charge in [0.2, 0.25) is 0 Å². The molecule has 1 heterocycles. The van der Waals surface area contributed by atoms with Crippen LogP contribution in [0.15, 0.2) is 22.8 Å². The molecule has 1 fully saturated rings. The Balaban J connectivity index is 2.19. The molecule has 14 heavy (non-hydrogen) atoms. The minimum Gasteiger partial charge on any atom is -0.468 e. The van der Waals surface area contributed by atoms with Crippen molar-refractivity contribution in [1.29, 1.82) is 0 Å². The smallest absolute Gasteiger partial charge is 0.121 e. The van der Waals surface area contributed by atoms with E-state index in [0.717, 1.165) is 12.2 Å². The van der Waals surface area contributed by atoms with E-state index < -0.39 is 0 Å². The molecular formula is C12H19NO. The highest BCUT2D eigenvalue weighted by Crippen LogP contribution is 2.48. The van der Waals surface area contributed by atoms with Crippen LogP contribution < -0.4 is 5.73 Å². The van der Waals surface area contributed by atoms with Crippen LogP contribution in [0.4, 0.5) is 0 Å². The van der Waals surface area contributed by atoms with Gasteiger partial charge in [-0.15, -0.1) is 0 Å². The van der Waals surface area contributed by atoms with Crippen molar-refractivity contribution >= 4 is 0 Å². The molecule has 1 atom stereocenters. The second-order valence-electron chi connectivity index (χ2n) is 4.42. The topological polar surface area (TPSA) is 39.2 Å². The van der Waals surface area contributed by atoms with E-state index in [1.165, 1.54) is 25.7 Å². The van der Waals surface area contributed by atoms with Crippen LogP contribution >= 0.6 is 0 Å². The molecule has 2 heteroatoms. The maximum atomic E-state index is 6.30. The summed E-state index contributed by atoms with van der Waals surface area (Å²) < 4.78 is 5.41. The number of furan rings is 1. The number of nitrogens with two attached hydrogens (primary N) is 1. The maximum Gasteiger partial charge on any atom is 0.121 e. The predicted octanol–water partition coefficient (Wildman–Crippen LogP) is 3.25. The molecular weight excluding hydrogens is 174 g/mol. The lowest BCUT2D eigenvalue weighted by Crippen LogP contribution is -2.31. The van der Waals surface area contributed by atoms with Gasteiger partial charge in [-0.05, 0) is 36.8 Å². The van der Waals surface area contributed by atoms with Crippen LogP contribution in [0.2, 0.25) is 0 Å². The third-order valence-corrected chi connectivity index (χ3v) is 3.81. The molecule has 2 rings (SSSR count). The van der Waals surface area contributed by atoms with Crippen molar-refractivity contribution < 1.29 is 4.42 Å². The molecule has 1 aromatic heterocycles. The molecule has 78 valence electrons. The van der Waals surface area contributed by atoms with Crippen LogP contribution in [0.3, 0.4) is 0 Å². The zero-order valence-electron chi connectivity index (χ0n) is 8.83. The van der Waals surface area contributed by atoms with Crippen LogP contribution in [0.25, 0.3) is 0 Å². The van der Waals surface area contributed by atoms with Crippen LogP contribution in [0.1, 0.15) is 50.8 Å². The Labute approximate surface area is 85.5 Å². The molecule has 1 saturated carbocycles. The first-order chi connectivity index (χ1) is 6.78. The third-order valence-electron chi connectivity index (χ3n) is 3.81. The minimum absolute atomic E-state index is 0.0880. The summed E-state index contributed by atoms with van der Waals surface area (Å²) in [5, 5.41) is 0. The summed E-state index contributed by atoms with van der Waals surface area (Å²) in [5.74, 6) is 0.953. The first-order valence-electron chi connectivity index (χ1n) is 5.57. The highest BCUT2D eigenvalue weighted by atomic mass is 16.3. The third kappa shape index (κ3) is 1.48. The largest absolute Gasteiger partial charge is 0.468 e. The summed E-state index contributed by atoms with van der Waals surface area (Å²) in [5.41, 5.74) is 6.60. The first-order valence-corrected chi connectivity index (χ1v) is 5.57. The summed E-state index contributed by atoms with van der Waals surface area (Å²) in [6.07, 6.45) is 8.03. The molecule has 0 aliphatic heterocycles. The number of hydrogen-bond donors (Lipinski definition) is 1. The van der Waals surface area contributed by atoms with Gasteiger partial charge >= 0.3 is 0 Å². The lowest BCUT2D eigenvalue weighted by Gasteiger charge is -2.32. The molecule has 1 aliphatic rings. The van der Waals surface area contributed by atoms with Crippen molar-refractivity contribution in [1.82, 2.24) is 0 Å². The predicted molar refractivity (Wildman–Crippen MR) is 56.8 cm³/mol. The molecule has 0 radical (unpaired) electrons. The monoisotopic (exact) mass is 193 g/mol. The van der Waals surface area contributed by atoms with Crippen LogP contribution in [-0.2, 0) is 0 Å². The molecule has 1 aromatic rings. The molecule has 0 amide bonds. The highest BCUT2D eigenvalue weighted by Gasteiger charge is 2.39. The fourth-order valence-corrected chi connectivity index (χ4v) is 2.73. The first kappa shape index (κ1) is 9.78. The average molecular weight is 193 g/mol. The summed E-state index contributed by atoms with van der Waals surface area (Å²) in [7, 11) is 0. The van der Waals surface area contributed by atoms with Gasteiger partial charge < -0.3 is 10.2 Å². The fraction of sp³-hybridized carbons (Fsp3) is 0.667. The molecule has 0 spiro atoms. The van der Waals surface area contributed by atoms with Crippen LogP contribution in [0, 0.1) is 5.41 Å². The molecule has 0 saturated heterocycles. The van der Waals surface area contributed by atoms with Crippen molar-refractivity contribution in [2.45, 2.75) is 45.1 Å². The van der Waals surface area contributed by atoms with Gasteiger partial charge in [-0.1, -0.05) is 19.8 Å². The Morgan fingerprint density at radius 1 is 1.50 bits per heavy atom. The van der Waals surface area contributed by atoms with Crippen molar-refractivity contribution in [3.63, 3.8) is 0 Å². The minimum atomic E-state index is 0.0880. The Morgan fingerprint density at radius 2 is 2.21 bits per heavy atom. The molecule has 1 aliphatic carbocycles. The van der Waals surface area contributed by atoms with Crippen molar-refractivity contribution in [2.24, 2.45) is 11.1 Å². The lowest BCUT2D eigenvalue weighted by atomic mass is 9.76. The molecule has 1 unspecified atom stereocenters. The average Bonchev–Trinajstić information content (AvgIpc) is 2.89. The Hall–Kier alpha value is -0.760. The summed E-state index contributed by atoms with van der Waals surface area (Å²) in [4.78, 5) is 0. The van der Waals surface area contributed by atoms with Gasteiger partial charge in [-0.25, -0.2) is 0 Å². The Bertz CT molecular complexity index is 273. The summed E-state index contributed by atoms with van der Waals surface area (Å²) in [6.45, 7) is 2.24. The van der Waals surface area contributed by atoms with E-state index in [0.29, 0.717) is 5.41 Å². The van der Waals surface area contributed by atoms with E-state index in [4.69, 9.17) is 10.2 Å². The molecule has 2 nitrogen and oxygen atoms in total. The van der Waals surface area contributed by atoms with Gasteiger partial charge in [0.1, 0.15) is 5.76 Å². The van der Waals surface area contributed by atoms with E-state index in [2.05, 4.69) is 6.92 Å². The van der Waals surface area contributed by atoms with E-state index in [9.17, 15) is 0 Å². The van der Waals surface area contributed by atoms with E-state index >= 15 is 0 Å². The number of hydrogen-bond acceptors (Lipinski definition) is 2. The van der Waals surface area contributed by atoms with Gasteiger partial charge in [-0.3, -0.25) is 0 Å². The van der Waals surface area contributed by atoms with Crippen LogP contribution in [0.5, 0.6) is 0 Å². The quantitative estimate of drug-likeness (QED) is 0.800. The second kappa shape index (κ2) is 3.77. The van der Waals surface area contributed by atoms with Gasteiger partial charge in [0.25, 0.3) is 0 Å². The van der Waals surface area contributed by atoms with Gasteiger partial charge in [0.05, 0.1) is 12.3 Å². The molecule has 0 aromatic carbocycles. The summed E-state index contributed by atoms with van der Waals surface area (Å²) >= 11 is 0. The Morgan fingerprint density at radius 3 is 2.71 bits per heavy atom. The summed E-state index contributed by atoms with van der Waals surface area (Å²) in [6, 6.07) is 4.01. The van der Waals surface area contributed by atoms with Crippen molar-refractivity contribution in [3.8, 4) is 0 Å². The van der Waals surface area contributed by atoms with Crippen molar-refractivity contribution in [3.05, 3.63) is 24.2 Å². The van der Waals surface area contributed by atoms with E-state index in [-0.39, 0.29) is 6.04 Å². The zero-order valence-corrected chi connectivity index (χ0v) is 8.83. The number of rotatable bonds is 3. The Kier molecular flexibility index (Phi) is 2.64. The van der Waals surface area contributed by atoms with Crippen LogP contribution in [-0.4, -0.2) is 0 Å². The SMILES string of the molecule is CCC1(C(N)c2ccco2)CCCC1. The fourth-order valence-electron chi connectivity index (χ4n) is 2.73. The van der Waals surface area contributed by atoms with Gasteiger partial charge in [0, 0.05) is 0 Å². The highest BCUT2D eigenvalue weighted by molar-refractivity contribution is 5.09. The lowest BCUT2D eigenvalue weighted by molar-refractivity contribution is 0.199. The standard InChI is InChI=1S/C12H19NO/c1-2-12(7-3-4-8-12)11(13)10-6-5-9-14-10/h5-6,9,11H,2-4,7-8,13H2,1H3. The molecule has 2 N–H and O–H groups in total. The van der Waals surface area contributed by atoms with Gasteiger partial charge in [0.15, 0.2) is 0 Å². The van der Waals surface area contributed by atoms with Crippen molar-refractivity contribution in [2.75, 3.05) is 0 Å². The second-order valence-corrected chi connectivity index (χ2v) is 4.42. The molecule has 0 bridgehead atoms.